The van der Waals surface area contributed by atoms with E-state index in [2.05, 4.69) is 15.3 Å². The summed E-state index contributed by atoms with van der Waals surface area (Å²) in [5.41, 5.74) is 5.69. The molecule has 0 spiro atoms. The number of hydrogen-bond donors (Lipinski definition) is 3. The fourth-order valence-electron chi connectivity index (χ4n) is 1.94. The van der Waals surface area contributed by atoms with Crippen LogP contribution in [0, 0.1) is 11.2 Å². The molecule has 0 aliphatic rings. The molecule has 1 aromatic carbocycles. The summed E-state index contributed by atoms with van der Waals surface area (Å²) in [4.78, 5) is 21.8. The molecule has 0 radical (unpaired) electrons. The second-order valence-electron chi connectivity index (χ2n) is 5.98. The van der Waals surface area contributed by atoms with Gasteiger partial charge in [0.05, 0.1) is 5.71 Å². The molecule has 0 saturated carbocycles. The normalized spacial score (nSPS) is 11.9. The topological polar surface area (TPSA) is 117 Å². The Morgan fingerprint density at radius 1 is 1.38 bits per heavy atom. The number of nitrogens with zero attached hydrogens (tertiary/aromatic N) is 3. The molecule has 0 aliphatic carbocycles. The Labute approximate surface area is 150 Å². The molecule has 1 heterocycles. The Bertz CT molecular complexity index is 812. The predicted molar refractivity (Wildman–Crippen MR) is 97.0 cm³/mol. The molecule has 8 nitrogen and oxygen atoms in total. The SMILES string of the molecule is C[C@H](CC(=N)C(=O)Nc1cc(Oc2ccc(N)cc2F)ncn1)N(C)C. The van der Waals surface area contributed by atoms with Crippen LogP contribution in [0.15, 0.2) is 30.6 Å². The molecule has 2 aromatic rings. The van der Waals surface area contributed by atoms with E-state index in [9.17, 15) is 9.18 Å². The number of aromatic nitrogens is 2. The lowest BCUT2D eigenvalue weighted by molar-refractivity contribution is -0.110. The van der Waals surface area contributed by atoms with Crippen molar-refractivity contribution in [2.45, 2.75) is 19.4 Å². The Hall–Kier alpha value is -3.07. The van der Waals surface area contributed by atoms with Crippen molar-refractivity contribution >= 4 is 23.1 Å². The average molecular weight is 360 g/mol. The van der Waals surface area contributed by atoms with Crippen LogP contribution < -0.4 is 15.8 Å². The van der Waals surface area contributed by atoms with Crippen LogP contribution in [0.2, 0.25) is 0 Å². The fourth-order valence-corrected chi connectivity index (χ4v) is 1.94. The van der Waals surface area contributed by atoms with Crippen LogP contribution in [-0.2, 0) is 4.79 Å². The van der Waals surface area contributed by atoms with E-state index in [-0.39, 0.29) is 34.9 Å². The summed E-state index contributed by atoms with van der Waals surface area (Å²) in [5.74, 6) is -1.05. The summed E-state index contributed by atoms with van der Waals surface area (Å²) in [6.45, 7) is 1.92. The highest BCUT2D eigenvalue weighted by Gasteiger charge is 2.16. The first-order chi connectivity index (χ1) is 12.3. The van der Waals surface area contributed by atoms with Crippen LogP contribution in [0.25, 0.3) is 0 Å². The van der Waals surface area contributed by atoms with Crippen molar-refractivity contribution in [1.29, 1.82) is 5.41 Å². The number of nitrogen functional groups attached to an aromatic ring is 1. The zero-order chi connectivity index (χ0) is 19.3. The molecule has 9 heteroatoms. The van der Waals surface area contributed by atoms with Gasteiger partial charge in [0.25, 0.3) is 5.91 Å². The minimum absolute atomic E-state index is 0.0473. The van der Waals surface area contributed by atoms with Crippen molar-refractivity contribution in [1.82, 2.24) is 14.9 Å². The van der Waals surface area contributed by atoms with Crippen LogP contribution in [0.5, 0.6) is 11.6 Å². The largest absolute Gasteiger partial charge is 0.436 e. The van der Waals surface area contributed by atoms with Gasteiger partial charge in [-0.25, -0.2) is 14.4 Å². The summed E-state index contributed by atoms with van der Waals surface area (Å²) in [6, 6.07) is 5.40. The van der Waals surface area contributed by atoms with Gasteiger partial charge < -0.3 is 20.7 Å². The van der Waals surface area contributed by atoms with E-state index < -0.39 is 11.7 Å². The van der Waals surface area contributed by atoms with E-state index in [1.807, 2.05) is 25.9 Å². The number of anilines is 2. The maximum absolute atomic E-state index is 13.8. The molecule has 0 saturated heterocycles. The zero-order valence-corrected chi connectivity index (χ0v) is 14.8. The average Bonchev–Trinajstić information content (AvgIpc) is 2.57. The number of nitrogens with two attached hydrogens (primary N) is 1. The number of rotatable bonds is 7. The molecule has 2 rings (SSSR count). The van der Waals surface area contributed by atoms with Gasteiger partial charge in [0.15, 0.2) is 11.6 Å². The quantitative estimate of drug-likeness (QED) is 0.515. The number of carbonyl (C=O) groups excluding carboxylic acids is 1. The van der Waals surface area contributed by atoms with Crippen LogP contribution in [0.3, 0.4) is 0 Å². The van der Waals surface area contributed by atoms with Gasteiger partial charge in [-0.1, -0.05) is 0 Å². The smallest absolute Gasteiger partial charge is 0.270 e. The van der Waals surface area contributed by atoms with Gasteiger partial charge in [0, 0.05) is 30.3 Å². The van der Waals surface area contributed by atoms with E-state index in [0.29, 0.717) is 6.42 Å². The number of amides is 1. The molecule has 0 aliphatic heterocycles. The van der Waals surface area contributed by atoms with E-state index in [4.69, 9.17) is 15.9 Å². The van der Waals surface area contributed by atoms with Crippen LogP contribution >= 0.6 is 0 Å². The zero-order valence-electron chi connectivity index (χ0n) is 14.8. The lowest BCUT2D eigenvalue weighted by Crippen LogP contribution is -2.32. The van der Waals surface area contributed by atoms with Crippen molar-refractivity contribution in [2.75, 3.05) is 25.1 Å². The van der Waals surface area contributed by atoms with Crippen molar-refractivity contribution < 1.29 is 13.9 Å². The molecule has 138 valence electrons. The number of halogens is 1. The summed E-state index contributed by atoms with van der Waals surface area (Å²) >= 11 is 0. The number of ether oxygens (including phenoxy) is 1. The second-order valence-corrected chi connectivity index (χ2v) is 5.98. The molecular weight excluding hydrogens is 339 g/mol. The molecule has 4 N–H and O–H groups in total. The fraction of sp³-hybridized carbons (Fsp3) is 0.294. The monoisotopic (exact) mass is 360 g/mol. The first kappa shape index (κ1) is 19.3. The maximum Gasteiger partial charge on any atom is 0.270 e. The second kappa shape index (κ2) is 8.34. The molecule has 0 bridgehead atoms. The Balaban J connectivity index is 2.04. The van der Waals surface area contributed by atoms with Crippen molar-refractivity contribution in [3.63, 3.8) is 0 Å². The van der Waals surface area contributed by atoms with Gasteiger partial charge in [-0.05, 0) is 33.2 Å². The van der Waals surface area contributed by atoms with E-state index in [1.54, 1.807) is 0 Å². The molecular formula is C17H21FN6O2. The highest BCUT2D eigenvalue weighted by Crippen LogP contribution is 2.25. The minimum Gasteiger partial charge on any atom is -0.436 e. The van der Waals surface area contributed by atoms with E-state index >= 15 is 0 Å². The molecule has 0 fully saturated rings. The molecule has 1 amide bonds. The van der Waals surface area contributed by atoms with Gasteiger partial charge in [0.2, 0.25) is 5.88 Å². The standard InChI is InChI=1S/C17H21FN6O2/c1-10(24(2)3)6-13(20)17(25)23-15-8-16(22-9-21-15)26-14-5-4-11(19)7-12(14)18/h4-5,7-10,20H,6,19H2,1-3H3,(H,21,22,23,25)/t10-/m1/s1. The summed E-state index contributed by atoms with van der Waals surface area (Å²) in [5, 5.41) is 10.4. The van der Waals surface area contributed by atoms with Crippen LogP contribution in [0.1, 0.15) is 13.3 Å². The maximum atomic E-state index is 13.8. The van der Waals surface area contributed by atoms with Gasteiger partial charge in [0.1, 0.15) is 12.1 Å². The van der Waals surface area contributed by atoms with Crippen molar-refractivity contribution in [3.8, 4) is 11.6 Å². The number of benzene rings is 1. The summed E-state index contributed by atoms with van der Waals surface area (Å²) < 4.78 is 19.1. The lowest BCUT2D eigenvalue weighted by atomic mass is 10.1. The third-order valence-electron chi connectivity index (χ3n) is 3.71. The van der Waals surface area contributed by atoms with Gasteiger partial charge >= 0.3 is 0 Å². The number of hydrogen-bond acceptors (Lipinski definition) is 7. The minimum atomic E-state index is -0.631. The first-order valence-electron chi connectivity index (χ1n) is 7.86. The van der Waals surface area contributed by atoms with Crippen molar-refractivity contribution in [3.05, 3.63) is 36.4 Å². The van der Waals surface area contributed by atoms with Gasteiger partial charge in [-0.3, -0.25) is 10.2 Å². The number of carbonyl (C=O) groups is 1. The first-order valence-corrected chi connectivity index (χ1v) is 7.86. The van der Waals surface area contributed by atoms with Gasteiger partial charge in [-0.15, -0.1) is 0 Å². The van der Waals surface area contributed by atoms with E-state index in [1.165, 1.54) is 24.5 Å². The third-order valence-corrected chi connectivity index (χ3v) is 3.71. The molecule has 26 heavy (non-hydrogen) atoms. The lowest BCUT2D eigenvalue weighted by Gasteiger charge is -2.19. The van der Waals surface area contributed by atoms with Gasteiger partial charge in [-0.2, -0.15) is 0 Å². The molecule has 1 atom stereocenters. The van der Waals surface area contributed by atoms with Crippen LogP contribution in [0.4, 0.5) is 15.9 Å². The Morgan fingerprint density at radius 2 is 2.12 bits per heavy atom. The predicted octanol–water partition coefficient (Wildman–Crippen LogP) is 2.29. The van der Waals surface area contributed by atoms with Crippen molar-refractivity contribution in [2.24, 2.45) is 0 Å². The highest BCUT2D eigenvalue weighted by atomic mass is 19.1. The Kier molecular flexibility index (Phi) is 6.18. The molecule has 0 unspecified atom stereocenters. The van der Waals surface area contributed by atoms with E-state index in [0.717, 1.165) is 6.07 Å². The highest BCUT2D eigenvalue weighted by molar-refractivity contribution is 6.41. The number of nitrogens with one attached hydrogen (secondary N) is 2. The summed E-state index contributed by atoms with van der Waals surface area (Å²) in [7, 11) is 3.75. The summed E-state index contributed by atoms with van der Waals surface area (Å²) in [6.07, 6.45) is 1.47. The van der Waals surface area contributed by atoms with Crippen LogP contribution in [-0.4, -0.2) is 46.6 Å². The Morgan fingerprint density at radius 3 is 2.77 bits per heavy atom. The molecule has 1 aromatic heterocycles. The third kappa shape index (κ3) is 5.21.